The minimum Gasteiger partial charge on any atom is -0.481 e. The summed E-state index contributed by atoms with van der Waals surface area (Å²) in [7, 11) is 0. The lowest BCUT2D eigenvalue weighted by Gasteiger charge is -2.09. The van der Waals surface area contributed by atoms with Gasteiger partial charge in [-0.2, -0.15) is 13.2 Å². The van der Waals surface area contributed by atoms with E-state index in [4.69, 9.17) is 4.74 Å². The van der Waals surface area contributed by atoms with Crippen molar-refractivity contribution in [2.24, 2.45) is 10.9 Å². The largest absolute Gasteiger partial charge is 0.481 e. The standard InChI is InChI=1S/C13H13F3N2O3/c1-2-21-12(8-3-4-8)17-9-5-6-11(18(19)20)10(7-9)13(14,15)16/h5-8H,2-4H2,1H3. The van der Waals surface area contributed by atoms with Crippen LogP contribution in [0.2, 0.25) is 0 Å². The van der Waals surface area contributed by atoms with Gasteiger partial charge >= 0.3 is 6.18 Å². The van der Waals surface area contributed by atoms with Gasteiger partial charge in [0, 0.05) is 12.0 Å². The topological polar surface area (TPSA) is 64.7 Å². The lowest BCUT2D eigenvalue weighted by molar-refractivity contribution is -0.388. The summed E-state index contributed by atoms with van der Waals surface area (Å²) in [5.41, 5.74) is -2.28. The molecule has 0 amide bonds. The fourth-order valence-electron chi connectivity index (χ4n) is 1.83. The maximum Gasteiger partial charge on any atom is 0.423 e. The number of halogens is 3. The molecule has 5 nitrogen and oxygen atoms in total. The molecule has 1 aliphatic carbocycles. The predicted octanol–water partition coefficient (Wildman–Crippen LogP) is 4.09. The Labute approximate surface area is 118 Å². The number of hydrogen-bond donors (Lipinski definition) is 0. The number of benzene rings is 1. The van der Waals surface area contributed by atoms with Gasteiger partial charge in [-0.25, -0.2) is 4.99 Å². The zero-order valence-electron chi connectivity index (χ0n) is 11.2. The molecule has 0 spiro atoms. The molecular weight excluding hydrogens is 289 g/mol. The number of alkyl halides is 3. The number of rotatable bonds is 4. The highest BCUT2D eigenvalue weighted by molar-refractivity contribution is 5.83. The van der Waals surface area contributed by atoms with Gasteiger partial charge in [0.15, 0.2) is 5.90 Å². The van der Waals surface area contributed by atoms with Crippen molar-refractivity contribution < 1.29 is 22.8 Å². The van der Waals surface area contributed by atoms with Gasteiger partial charge in [0.1, 0.15) is 5.56 Å². The highest BCUT2D eigenvalue weighted by Gasteiger charge is 2.38. The van der Waals surface area contributed by atoms with Crippen molar-refractivity contribution in [3.63, 3.8) is 0 Å². The second-order valence-electron chi connectivity index (χ2n) is 4.61. The van der Waals surface area contributed by atoms with Crippen molar-refractivity contribution in [1.29, 1.82) is 0 Å². The Bertz CT molecular complexity index is 581. The lowest BCUT2D eigenvalue weighted by Crippen LogP contribution is -2.09. The minimum atomic E-state index is -4.81. The Kier molecular flexibility index (Phi) is 4.15. The van der Waals surface area contributed by atoms with Gasteiger partial charge in [-0.05, 0) is 31.9 Å². The molecule has 0 radical (unpaired) electrons. The Morgan fingerprint density at radius 1 is 1.48 bits per heavy atom. The quantitative estimate of drug-likeness (QED) is 0.364. The molecule has 1 aromatic carbocycles. The average Bonchev–Trinajstić information content (AvgIpc) is 3.21. The van der Waals surface area contributed by atoms with Gasteiger partial charge in [-0.3, -0.25) is 10.1 Å². The van der Waals surface area contributed by atoms with Crippen molar-refractivity contribution in [1.82, 2.24) is 0 Å². The van der Waals surface area contributed by atoms with E-state index < -0.39 is 22.4 Å². The van der Waals surface area contributed by atoms with Crippen molar-refractivity contribution in [3.8, 4) is 0 Å². The molecule has 0 unspecified atom stereocenters. The van der Waals surface area contributed by atoms with Crippen molar-refractivity contribution in [2.45, 2.75) is 25.9 Å². The van der Waals surface area contributed by atoms with Crippen LogP contribution < -0.4 is 0 Å². The van der Waals surface area contributed by atoms with Gasteiger partial charge in [-0.1, -0.05) is 0 Å². The van der Waals surface area contributed by atoms with Crippen molar-refractivity contribution in [2.75, 3.05) is 6.61 Å². The molecule has 8 heteroatoms. The Hall–Kier alpha value is -2.12. The summed E-state index contributed by atoms with van der Waals surface area (Å²) in [4.78, 5) is 13.7. The van der Waals surface area contributed by atoms with E-state index in [9.17, 15) is 23.3 Å². The van der Waals surface area contributed by atoms with Crippen LogP contribution >= 0.6 is 0 Å². The molecule has 1 saturated carbocycles. The van der Waals surface area contributed by atoms with Crippen molar-refractivity contribution >= 4 is 17.3 Å². The van der Waals surface area contributed by atoms with E-state index >= 15 is 0 Å². The van der Waals surface area contributed by atoms with E-state index in [0.717, 1.165) is 18.9 Å². The summed E-state index contributed by atoms with van der Waals surface area (Å²) in [6.45, 7) is 2.13. The molecule has 0 aromatic heterocycles. The molecule has 0 heterocycles. The summed E-state index contributed by atoms with van der Waals surface area (Å²) in [6, 6.07) is 2.69. The van der Waals surface area contributed by atoms with Crippen LogP contribution in [0.1, 0.15) is 25.3 Å². The highest BCUT2D eigenvalue weighted by atomic mass is 19.4. The van der Waals surface area contributed by atoms with Crippen molar-refractivity contribution in [3.05, 3.63) is 33.9 Å². The second-order valence-corrected chi connectivity index (χ2v) is 4.61. The summed E-state index contributed by atoms with van der Waals surface area (Å²) >= 11 is 0. The third-order valence-electron chi connectivity index (χ3n) is 2.94. The molecule has 0 aliphatic heterocycles. The molecule has 0 atom stereocenters. The number of nitrogens with zero attached hydrogens (tertiary/aromatic N) is 2. The SMILES string of the molecule is CCOC(=Nc1ccc([N+](=O)[O-])c(C(F)(F)F)c1)C1CC1. The van der Waals surface area contributed by atoms with E-state index in [1.165, 1.54) is 6.07 Å². The summed E-state index contributed by atoms with van der Waals surface area (Å²) < 4.78 is 43.9. The maximum absolute atomic E-state index is 12.9. The van der Waals surface area contributed by atoms with E-state index in [0.29, 0.717) is 18.6 Å². The molecular formula is C13H13F3N2O3. The summed E-state index contributed by atoms with van der Waals surface area (Å²) in [5, 5.41) is 10.7. The van der Waals surface area contributed by atoms with Gasteiger partial charge in [0.05, 0.1) is 17.2 Å². The van der Waals surface area contributed by atoms with Crippen LogP contribution in [0.25, 0.3) is 0 Å². The first kappa shape index (κ1) is 15.3. The van der Waals surface area contributed by atoms with Crippen LogP contribution in [0.4, 0.5) is 24.5 Å². The smallest absolute Gasteiger partial charge is 0.423 e. The molecule has 0 N–H and O–H groups in total. The number of nitro benzene ring substituents is 1. The van der Waals surface area contributed by atoms with Gasteiger partial charge < -0.3 is 4.74 Å². The van der Waals surface area contributed by atoms with E-state index in [2.05, 4.69) is 4.99 Å². The van der Waals surface area contributed by atoms with Gasteiger partial charge in [0.2, 0.25) is 0 Å². The number of aliphatic imine (C=N–C) groups is 1. The Morgan fingerprint density at radius 3 is 2.62 bits per heavy atom. The molecule has 2 rings (SSSR count). The monoisotopic (exact) mass is 302 g/mol. The lowest BCUT2D eigenvalue weighted by atomic mass is 10.1. The van der Waals surface area contributed by atoms with Crippen LogP contribution in [-0.2, 0) is 10.9 Å². The van der Waals surface area contributed by atoms with Crippen LogP contribution in [0.3, 0.4) is 0 Å². The Balaban J connectivity index is 2.41. The predicted molar refractivity (Wildman–Crippen MR) is 69.5 cm³/mol. The molecule has 1 fully saturated rings. The zero-order valence-corrected chi connectivity index (χ0v) is 11.2. The van der Waals surface area contributed by atoms with Gasteiger partial charge in [-0.15, -0.1) is 0 Å². The normalized spacial score (nSPS) is 15.9. The third-order valence-corrected chi connectivity index (χ3v) is 2.94. The van der Waals surface area contributed by atoms with E-state index in [-0.39, 0.29) is 11.6 Å². The molecule has 0 bridgehead atoms. The summed E-state index contributed by atoms with van der Waals surface area (Å²) in [6.07, 6.45) is -3.03. The minimum absolute atomic E-state index is 0.00303. The Morgan fingerprint density at radius 2 is 2.14 bits per heavy atom. The average molecular weight is 302 g/mol. The number of nitro groups is 1. The molecule has 21 heavy (non-hydrogen) atoms. The van der Waals surface area contributed by atoms with Crippen LogP contribution in [-0.4, -0.2) is 17.4 Å². The van der Waals surface area contributed by atoms with E-state index in [1.807, 2.05) is 0 Å². The molecule has 0 saturated heterocycles. The highest BCUT2D eigenvalue weighted by Crippen LogP contribution is 2.39. The number of hydrogen-bond acceptors (Lipinski definition) is 4. The fourth-order valence-corrected chi connectivity index (χ4v) is 1.83. The first-order valence-corrected chi connectivity index (χ1v) is 6.40. The first-order valence-electron chi connectivity index (χ1n) is 6.40. The molecule has 114 valence electrons. The van der Waals surface area contributed by atoms with Crippen LogP contribution in [0.5, 0.6) is 0 Å². The molecule has 1 aromatic rings. The van der Waals surface area contributed by atoms with Crippen LogP contribution in [0, 0.1) is 16.0 Å². The van der Waals surface area contributed by atoms with Gasteiger partial charge in [0.25, 0.3) is 5.69 Å². The zero-order chi connectivity index (χ0) is 15.6. The van der Waals surface area contributed by atoms with Crippen LogP contribution in [0.15, 0.2) is 23.2 Å². The second kappa shape index (κ2) is 5.71. The summed E-state index contributed by atoms with van der Waals surface area (Å²) in [5.74, 6) is 0.522. The maximum atomic E-state index is 12.9. The first-order chi connectivity index (χ1) is 9.82. The molecule has 1 aliphatic rings. The van der Waals surface area contributed by atoms with E-state index in [1.54, 1.807) is 6.92 Å². The third kappa shape index (κ3) is 3.71. The fraction of sp³-hybridized carbons (Fsp3) is 0.462. The number of ether oxygens (including phenoxy) is 1.